The van der Waals surface area contributed by atoms with Gasteiger partial charge in [0.1, 0.15) is 0 Å². The van der Waals surface area contributed by atoms with Crippen molar-refractivity contribution in [2.45, 2.75) is 51.9 Å². The number of thioether (sulfide) groups is 1. The number of halogens is 1. The number of carbonyl (C=O) groups is 1. The Morgan fingerprint density at radius 3 is 2.75 bits per heavy atom. The van der Waals surface area contributed by atoms with Gasteiger partial charge in [0.25, 0.3) is 5.56 Å². The van der Waals surface area contributed by atoms with E-state index in [1.165, 1.54) is 11.8 Å². The molecule has 1 heterocycles. The maximum Gasteiger partial charge on any atom is 0.262 e. The molecule has 6 nitrogen and oxygen atoms in total. The molecule has 0 aliphatic rings. The summed E-state index contributed by atoms with van der Waals surface area (Å²) in [5.41, 5.74) is 0.457. The van der Waals surface area contributed by atoms with Gasteiger partial charge < -0.3 is 10.1 Å². The lowest BCUT2D eigenvalue weighted by atomic mass is 10.2. The molecule has 0 saturated carbocycles. The minimum Gasteiger partial charge on any atom is -0.379 e. The molecule has 0 fully saturated rings. The summed E-state index contributed by atoms with van der Waals surface area (Å²) in [7, 11) is 0. The van der Waals surface area contributed by atoms with Gasteiger partial charge in [-0.3, -0.25) is 14.2 Å². The van der Waals surface area contributed by atoms with E-state index in [0.717, 1.165) is 6.42 Å². The third-order valence-corrected chi connectivity index (χ3v) is 5.07. The third kappa shape index (κ3) is 6.79. The standard InChI is InChI=1S/C20H28ClN3O3S/c1-13(2)11-24-19(26)16-10-15(21)6-7-17(16)23-20(24)28-12-18(25)22-8-5-9-27-14(3)4/h6-7,10,13-14H,5,8-9,11-12H2,1-4H3,(H,22,25). The van der Waals surface area contributed by atoms with Gasteiger partial charge in [0.05, 0.1) is 22.8 Å². The van der Waals surface area contributed by atoms with E-state index < -0.39 is 0 Å². The number of benzene rings is 1. The Morgan fingerprint density at radius 2 is 2.07 bits per heavy atom. The first-order valence-electron chi connectivity index (χ1n) is 9.49. The predicted molar refractivity (Wildman–Crippen MR) is 115 cm³/mol. The molecule has 28 heavy (non-hydrogen) atoms. The molecule has 2 aromatic rings. The summed E-state index contributed by atoms with van der Waals surface area (Å²) >= 11 is 7.31. The molecule has 0 unspecified atom stereocenters. The molecule has 0 atom stereocenters. The summed E-state index contributed by atoms with van der Waals surface area (Å²) in [5, 5.41) is 4.42. The average molecular weight is 426 g/mol. The van der Waals surface area contributed by atoms with E-state index in [0.29, 0.717) is 40.8 Å². The minimum atomic E-state index is -0.130. The summed E-state index contributed by atoms with van der Waals surface area (Å²) < 4.78 is 7.09. The van der Waals surface area contributed by atoms with E-state index in [1.54, 1.807) is 22.8 Å². The van der Waals surface area contributed by atoms with Crippen LogP contribution in [0.2, 0.25) is 5.02 Å². The number of hydrogen-bond donors (Lipinski definition) is 1. The molecule has 0 aliphatic carbocycles. The summed E-state index contributed by atoms with van der Waals surface area (Å²) in [5.74, 6) is 0.385. The zero-order valence-electron chi connectivity index (χ0n) is 16.8. The van der Waals surface area contributed by atoms with Gasteiger partial charge in [-0.2, -0.15) is 0 Å². The number of nitrogens with zero attached hydrogens (tertiary/aromatic N) is 2. The summed E-state index contributed by atoms with van der Waals surface area (Å²) in [6.45, 7) is 9.75. The van der Waals surface area contributed by atoms with E-state index in [-0.39, 0.29) is 29.2 Å². The minimum absolute atomic E-state index is 0.0869. The fourth-order valence-electron chi connectivity index (χ4n) is 2.61. The lowest BCUT2D eigenvalue weighted by Gasteiger charge is -2.15. The lowest BCUT2D eigenvalue weighted by molar-refractivity contribution is -0.118. The second kappa shape index (κ2) is 10.8. The second-order valence-corrected chi connectivity index (χ2v) is 8.66. The largest absolute Gasteiger partial charge is 0.379 e. The van der Waals surface area contributed by atoms with Gasteiger partial charge in [0, 0.05) is 24.7 Å². The molecule has 1 aromatic carbocycles. The van der Waals surface area contributed by atoms with Crippen LogP contribution in [0.4, 0.5) is 0 Å². The van der Waals surface area contributed by atoms with Crippen molar-refractivity contribution in [2.24, 2.45) is 5.92 Å². The number of carbonyl (C=O) groups excluding carboxylic acids is 1. The first-order valence-corrected chi connectivity index (χ1v) is 10.9. The van der Waals surface area contributed by atoms with Crippen molar-refractivity contribution in [3.8, 4) is 0 Å². The van der Waals surface area contributed by atoms with Crippen molar-refractivity contribution in [3.63, 3.8) is 0 Å². The molecular weight excluding hydrogens is 398 g/mol. The molecule has 8 heteroatoms. The fourth-order valence-corrected chi connectivity index (χ4v) is 3.62. The van der Waals surface area contributed by atoms with Crippen molar-refractivity contribution >= 4 is 40.2 Å². The van der Waals surface area contributed by atoms with Crippen LogP contribution in [0.15, 0.2) is 28.2 Å². The molecule has 0 radical (unpaired) electrons. The Morgan fingerprint density at radius 1 is 1.32 bits per heavy atom. The monoisotopic (exact) mass is 425 g/mol. The molecule has 154 valence electrons. The van der Waals surface area contributed by atoms with Gasteiger partial charge in [-0.05, 0) is 44.4 Å². The number of hydrogen-bond acceptors (Lipinski definition) is 5. The van der Waals surface area contributed by atoms with E-state index in [1.807, 2.05) is 27.7 Å². The Balaban J connectivity index is 2.07. The summed E-state index contributed by atoms with van der Waals surface area (Å²) in [6.07, 6.45) is 0.958. The SMILES string of the molecule is CC(C)Cn1c(SCC(=O)NCCCOC(C)C)nc2ccc(Cl)cc2c1=O. The van der Waals surface area contributed by atoms with Crippen molar-refractivity contribution in [3.05, 3.63) is 33.6 Å². The van der Waals surface area contributed by atoms with Crippen LogP contribution in [0.1, 0.15) is 34.1 Å². The number of rotatable bonds is 10. The molecule has 0 aliphatic heterocycles. The Kier molecular flexibility index (Phi) is 8.79. The Hall–Kier alpha value is -1.57. The quantitative estimate of drug-likeness (QED) is 0.356. The van der Waals surface area contributed by atoms with Crippen molar-refractivity contribution < 1.29 is 9.53 Å². The number of fused-ring (bicyclic) bond motifs is 1. The second-order valence-electron chi connectivity index (χ2n) is 7.28. The number of ether oxygens (including phenoxy) is 1. The predicted octanol–water partition coefficient (Wildman–Crippen LogP) is 3.73. The van der Waals surface area contributed by atoms with Crippen LogP contribution in [-0.2, 0) is 16.1 Å². The topological polar surface area (TPSA) is 73.2 Å². The zero-order valence-corrected chi connectivity index (χ0v) is 18.4. The molecule has 1 amide bonds. The van der Waals surface area contributed by atoms with Crippen molar-refractivity contribution in [2.75, 3.05) is 18.9 Å². The maximum absolute atomic E-state index is 12.9. The van der Waals surface area contributed by atoms with Crippen LogP contribution in [0.25, 0.3) is 10.9 Å². The van der Waals surface area contributed by atoms with Gasteiger partial charge in [-0.15, -0.1) is 0 Å². The van der Waals surface area contributed by atoms with Gasteiger partial charge in [-0.25, -0.2) is 4.98 Å². The van der Waals surface area contributed by atoms with Crippen LogP contribution in [0.5, 0.6) is 0 Å². The lowest BCUT2D eigenvalue weighted by Crippen LogP contribution is -2.29. The number of amides is 1. The summed E-state index contributed by atoms with van der Waals surface area (Å²) in [6, 6.07) is 5.09. The molecule has 0 bridgehead atoms. The maximum atomic E-state index is 12.9. The molecular formula is C20H28ClN3O3S. The summed E-state index contributed by atoms with van der Waals surface area (Å²) in [4.78, 5) is 29.7. The molecule has 0 spiro atoms. The van der Waals surface area contributed by atoms with Crippen LogP contribution in [0.3, 0.4) is 0 Å². The Bertz CT molecular complexity index is 868. The highest BCUT2D eigenvalue weighted by Crippen LogP contribution is 2.21. The van der Waals surface area contributed by atoms with Crippen LogP contribution in [-0.4, -0.2) is 40.5 Å². The van der Waals surface area contributed by atoms with Crippen LogP contribution >= 0.6 is 23.4 Å². The van der Waals surface area contributed by atoms with E-state index in [4.69, 9.17) is 16.3 Å². The van der Waals surface area contributed by atoms with Gasteiger partial charge in [-0.1, -0.05) is 37.2 Å². The van der Waals surface area contributed by atoms with Gasteiger partial charge >= 0.3 is 0 Å². The highest BCUT2D eigenvalue weighted by atomic mass is 35.5. The first kappa shape index (κ1) is 22.7. The molecule has 1 N–H and O–H groups in total. The molecule has 1 aromatic heterocycles. The van der Waals surface area contributed by atoms with Gasteiger partial charge in [0.15, 0.2) is 5.16 Å². The molecule has 0 saturated heterocycles. The third-order valence-electron chi connectivity index (χ3n) is 3.86. The zero-order chi connectivity index (χ0) is 20.7. The van der Waals surface area contributed by atoms with E-state index in [9.17, 15) is 9.59 Å². The highest BCUT2D eigenvalue weighted by Gasteiger charge is 2.14. The van der Waals surface area contributed by atoms with Gasteiger partial charge in [0.2, 0.25) is 5.91 Å². The van der Waals surface area contributed by atoms with Crippen LogP contribution < -0.4 is 10.9 Å². The van der Waals surface area contributed by atoms with E-state index >= 15 is 0 Å². The van der Waals surface area contributed by atoms with Crippen LogP contribution in [0, 0.1) is 5.92 Å². The van der Waals surface area contributed by atoms with E-state index in [2.05, 4.69) is 10.3 Å². The highest BCUT2D eigenvalue weighted by molar-refractivity contribution is 7.99. The number of aromatic nitrogens is 2. The number of nitrogens with one attached hydrogen (secondary N) is 1. The molecule has 2 rings (SSSR count). The normalized spacial score (nSPS) is 11.5. The fraction of sp³-hybridized carbons (Fsp3) is 0.550. The Labute approximate surface area is 175 Å². The average Bonchev–Trinajstić information content (AvgIpc) is 2.62. The first-order chi connectivity index (χ1) is 13.3. The van der Waals surface area contributed by atoms with Crippen molar-refractivity contribution in [1.29, 1.82) is 0 Å². The smallest absolute Gasteiger partial charge is 0.262 e. The van der Waals surface area contributed by atoms with Crippen molar-refractivity contribution in [1.82, 2.24) is 14.9 Å².